The maximum Gasteiger partial charge on any atom is 0.259 e. The zero-order valence-corrected chi connectivity index (χ0v) is 12.2. The fraction of sp³-hybridized carbons (Fsp3) is 0.375. The van der Waals surface area contributed by atoms with E-state index in [0.717, 1.165) is 18.5 Å². The van der Waals surface area contributed by atoms with Crippen LogP contribution >= 0.6 is 0 Å². The van der Waals surface area contributed by atoms with Gasteiger partial charge in [-0.3, -0.25) is 4.79 Å². The van der Waals surface area contributed by atoms with Gasteiger partial charge >= 0.3 is 0 Å². The lowest BCUT2D eigenvalue weighted by Crippen LogP contribution is -2.32. The molecule has 106 valence electrons. The van der Waals surface area contributed by atoms with E-state index >= 15 is 0 Å². The van der Waals surface area contributed by atoms with Crippen molar-refractivity contribution in [2.45, 2.75) is 27.2 Å². The van der Waals surface area contributed by atoms with Crippen LogP contribution in [0.4, 0.5) is 0 Å². The molecule has 2 aromatic rings. The largest absolute Gasteiger partial charge is 0.355 e. The average Bonchev–Trinajstić information content (AvgIpc) is 2.86. The van der Waals surface area contributed by atoms with Crippen molar-refractivity contribution in [3.8, 4) is 11.3 Å². The summed E-state index contributed by atoms with van der Waals surface area (Å²) >= 11 is 0. The molecule has 1 amide bonds. The average molecular weight is 272 g/mol. The predicted octanol–water partition coefficient (Wildman–Crippen LogP) is 3.52. The summed E-state index contributed by atoms with van der Waals surface area (Å²) < 4.78 is 5.38. The van der Waals surface area contributed by atoms with Gasteiger partial charge in [0.1, 0.15) is 5.56 Å². The molecule has 0 radical (unpaired) electrons. The molecule has 1 aromatic carbocycles. The fourth-order valence-corrected chi connectivity index (χ4v) is 2.24. The minimum absolute atomic E-state index is 0.00745. The molecule has 1 aromatic heterocycles. The first kappa shape index (κ1) is 14.3. The van der Waals surface area contributed by atoms with E-state index < -0.39 is 0 Å². The third-order valence-corrected chi connectivity index (χ3v) is 3.28. The summed E-state index contributed by atoms with van der Waals surface area (Å²) in [7, 11) is 0. The van der Waals surface area contributed by atoms with Crippen molar-refractivity contribution in [1.29, 1.82) is 0 Å². The van der Waals surface area contributed by atoms with E-state index in [1.165, 1.54) is 0 Å². The number of hydrogen-bond donors (Lipinski definition) is 0. The lowest BCUT2D eigenvalue weighted by molar-refractivity contribution is 0.0764. The first-order chi connectivity index (χ1) is 9.69. The molecule has 0 saturated carbocycles. The van der Waals surface area contributed by atoms with Crippen molar-refractivity contribution in [2.24, 2.45) is 0 Å². The van der Waals surface area contributed by atoms with Gasteiger partial charge in [-0.2, -0.15) is 0 Å². The topological polar surface area (TPSA) is 46.3 Å². The van der Waals surface area contributed by atoms with Crippen LogP contribution in [0.1, 0.15) is 36.3 Å². The molecule has 0 bridgehead atoms. The van der Waals surface area contributed by atoms with Crippen LogP contribution < -0.4 is 0 Å². The molecule has 2 rings (SSSR count). The van der Waals surface area contributed by atoms with Gasteiger partial charge in [0.15, 0.2) is 5.76 Å². The highest BCUT2D eigenvalue weighted by Crippen LogP contribution is 2.27. The highest BCUT2D eigenvalue weighted by Gasteiger charge is 2.24. The van der Waals surface area contributed by atoms with E-state index in [9.17, 15) is 4.79 Å². The molecule has 1 heterocycles. The molecule has 0 spiro atoms. The normalized spacial score (nSPS) is 10.6. The molecule has 0 aliphatic carbocycles. The Morgan fingerprint density at radius 1 is 1.25 bits per heavy atom. The van der Waals surface area contributed by atoms with Crippen molar-refractivity contribution >= 4 is 5.91 Å². The number of aromatic nitrogens is 1. The SMILES string of the molecule is CCCN(CC)C(=O)c1c(C)noc1-c1ccccc1. The third-order valence-electron chi connectivity index (χ3n) is 3.28. The number of amides is 1. The van der Waals surface area contributed by atoms with Gasteiger partial charge in [0.2, 0.25) is 0 Å². The Balaban J connectivity index is 2.42. The molecule has 0 atom stereocenters. The minimum atomic E-state index is -0.00745. The smallest absolute Gasteiger partial charge is 0.259 e. The maximum atomic E-state index is 12.7. The summed E-state index contributed by atoms with van der Waals surface area (Å²) in [5.41, 5.74) is 2.10. The van der Waals surface area contributed by atoms with E-state index in [1.54, 1.807) is 0 Å². The highest BCUT2D eigenvalue weighted by molar-refractivity contribution is 6.00. The lowest BCUT2D eigenvalue weighted by Gasteiger charge is -2.20. The second-order valence-corrected chi connectivity index (χ2v) is 4.72. The summed E-state index contributed by atoms with van der Waals surface area (Å²) in [5.74, 6) is 0.551. The van der Waals surface area contributed by atoms with Crippen LogP contribution in [-0.4, -0.2) is 29.1 Å². The van der Waals surface area contributed by atoms with Crippen LogP contribution in [0.3, 0.4) is 0 Å². The maximum absolute atomic E-state index is 12.7. The third kappa shape index (κ3) is 2.74. The van der Waals surface area contributed by atoms with Crippen LogP contribution in [0.5, 0.6) is 0 Å². The number of carbonyl (C=O) groups excluding carboxylic acids is 1. The number of nitrogens with zero attached hydrogens (tertiary/aromatic N) is 2. The second-order valence-electron chi connectivity index (χ2n) is 4.72. The number of carbonyl (C=O) groups is 1. The van der Waals surface area contributed by atoms with Crippen LogP contribution in [0.25, 0.3) is 11.3 Å². The summed E-state index contributed by atoms with van der Waals surface area (Å²) in [6.07, 6.45) is 0.935. The number of rotatable bonds is 5. The monoisotopic (exact) mass is 272 g/mol. The van der Waals surface area contributed by atoms with Crippen molar-refractivity contribution in [2.75, 3.05) is 13.1 Å². The molecule has 0 N–H and O–H groups in total. The fourth-order valence-electron chi connectivity index (χ4n) is 2.24. The van der Waals surface area contributed by atoms with Crippen LogP contribution in [0.15, 0.2) is 34.9 Å². The van der Waals surface area contributed by atoms with Crippen LogP contribution in [-0.2, 0) is 0 Å². The predicted molar refractivity (Wildman–Crippen MR) is 78.5 cm³/mol. The highest BCUT2D eigenvalue weighted by atomic mass is 16.5. The Morgan fingerprint density at radius 2 is 1.95 bits per heavy atom. The van der Waals surface area contributed by atoms with E-state index in [0.29, 0.717) is 23.6 Å². The molecule has 0 aliphatic rings. The summed E-state index contributed by atoms with van der Waals surface area (Å²) in [6.45, 7) is 7.29. The first-order valence-corrected chi connectivity index (χ1v) is 7.00. The van der Waals surface area contributed by atoms with Gasteiger partial charge < -0.3 is 9.42 Å². The number of benzene rings is 1. The summed E-state index contributed by atoms with van der Waals surface area (Å²) in [5, 5.41) is 3.97. The van der Waals surface area contributed by atoms with Crippen LogP contribution in [0.2, 0.25) is 0 Å². The standard InChI is InChI=1S/C16H20N2O2/c1-4-11-18(5-2)16(19)14-12(3)17-20-15(14)13-9-7-6-8-10-13/h6-10H,4-5,11H2,1-3H3. The Bertz CT molecular complexity index is 575. The van der Waals surface area contributed by atoms with Crippen molar-refractivity contribution in [1.82, 2.24) is 10.1 Å². The molecular weight excluding hydrogens is 252 g/mol. The van der Waals surface area contributed by atoms with E-state index in [2.05, 4.69) is 12.1 Å². The number of hydrogen-bond acceptors (Lipinski definition) is 3. The lowest BCUT2D eigenvalue weighted by atomic mass is 10.1. The molecule has 4 nitrogen and oxygen atoms in total. The Labute approximate surface area is 119 Å². The van der Waals surface area contributed by atoms with Gasteiger partial charge in [0.25, 0.3) is 5.91 Å². The van der Waals surface area contributed by atoms with Gasteiger partial charge in [0.05, 0.1) is 5.69 Å². The van der Waals surface area contributed by atoms with Gasteiger partial charge in [-0.15, -0.1) is 0 Å². The Kier molecular flexibility index (Phi) is 4.56. The number of aryl methyl sites for hydroxylation is 1. The van der Waals surface area contributed by atoms with Gasteiger partial charge in [-0.05, 0) is 20.3 Å². The quantitative estimate of drug-likeness (QED) is 0.836. The molecular formula is C16H20N2O2. The minimum Gasteiger partial charge on any atom is -0.355 e. The van der Waals surface area contributed by atoms with E-state index in [1.807, 2.05) is 49.1 Å². The molecule has 0 saturated heterocycles. The van der Waals surface area contributed by atoms with Gasteiger partial charge in [0, 0.05) is 18.7 Å². The van der Waals surface area contributed by atoms with Crippen LogP contribution in [0, 0.1) is 6.92 Å². The summed E-state index contributed by atoms with van der Waals surface area (Å²) in [6, 6.07) is 9.62. The molecule has 0 unspecified atom stereocenters. The molecule has 0 fully saturated rings. The molecule has 4 heteroatoms. The zero-order valence-electron chi connectivity index (χ0n) is 12.2. The van der Waals surface area contributed by atoms with Crippen molar-refractivity contribution in [3.05, 3.63) is 41.6 Å². The Morgan fingerprint density at radius 3 is 2.55 bits per heavy atom. The van der Waals surface area contributed by atoms with Gasteiger partial charge in [-0.25, -0.2) is 0 Å². The van der Waals surface area contributed by atoms with E-state index in [-0.39, 0.29) is 5.91 Å². The Hall–Kier alpha value is -2.10. The van der Waals surface area contributed by atoms with Crippen molar-refractivity contribution in [3.63, 3.8) is 0 Å². The van der Waals surface area contributed by atoms with Crippen molar-refractivity contribution < 1.29 is 9.32 Å². The van der Waals surface area contributed by atoms with E-state index in [4.69, 9.17) is 4.52 Å². The zero-order chi connectivity index (χ0) is 14.5. The molecule has 20 heavy (non-hydrogen) atoms. The second kappa shape index (κ2) is 6.37. The van der Waals surface area contributed by atoms with Gasteiger partial charge in [-0.1, -0.05) is 42.4 Å². The summed E-state index contributed by atoms with van der Waals surface area (Å²) in [4.78, 5) is 14.5. The first-order valence-electron chi connectivity index (χ1n) is 7.00. The molecule has 0 aliphatic heterocycles.